The monoisotopic (exact) mass is 246 g/mol. The number of anilines is 1. The topological polar surface area (TPSA) is 55.6 Å². The molecule has 4 heteroatoms. The average molecular weight is 246 g/mol. The Hall–Kier alpha value is -1.39. The molecule has 2 N–H and O–H groups in total. The molecule has 1 saturated heterocycles. The van der Waals surface area contributed by atoms with Crippen LogP contribution in [0, 0.1) is 0 Å². The number of carbonyl (C=O) groups is 1. The fraction of sp³-hybridized carbons (Fsp3) is 0.500. The summed E-state index contributed by atoms with van der Waals surface area (Å²) < 4.78 is 5.49. The van der Waals surface area contributed by atoms with Gasteiger partial charge in [-0.3, -0.25) is 4.79 Å². The lowest BCUT2D eigenvalue weighted by Crippen LogP contribution is -2.49. The minimum Gasteiger partial charge on any atom is -0.368 e. The van der Waals surface area contributed by atoms with Gasteiger partial charge in [-0.2, -0.15) is 0 Å². The summed E-state index contributed by atoms with van der Waals surface area (Å²) in [5, 5.41) is 0. The first kappa shape index (κ1) is 11.7. The quantitative estimate of drug-likeness (QED) is 0.806. The summed E-state index contributed by atoms with van der Waals surface area (Å²) >= 11 is 0. The van der Waals surface area contributed by atoms with Crippen molar-refractivity contribution < 1.29 is 9.53 Å². The van der Waals surface area contributed by atoms with Crippen LogP contribution in [0.1, 0.15) is 18.4 Å². The maximum atomic E-state index is 12.5. The van der Waals surface area contributed by atoms with Gasteiger partial charge in [0, 0.05) is 24.9 Å². The highest BCUT2D eigenvalue weighted by atomic mass is 16.5. The molecule has 0 aromatic heterocycles. The molecule has 1 aromatic rings. The standard InChI is InChI=1S/C14H18N2O2/c15-11-8-10-4-1-2-5-12(10)16(9-11)14(17)13-6-3-7-18-13/h1-2,4-5,11,13H,3,6-9,15H2. The summed E-state index contributed by atoms with van der Waals surface area (Å²) in [6, 6.07) is 8.01. The molecule has 2 unspecified atom stereocenters. The predicted octanol–water partition coefficient (Wildman–Crippen LogP) is 1.08. The Kier molecular flexibility index (Phi) is 3.06. The van der Waals surface area contributed by atoms with Gasteiger partial charge in [0.25, 0.3) is 5.91 Å². The molecule has 2 atom stereocenters. The van der Waals surface area contributed by atoms with Crippen molar-refractivity contribution in [1.29, 1.82) is 0 Å². The van der Waals surface area contributed by atoms with Crippen molar-refractivity contribution in [1.82, 2.24) is 0 Å². The molecule has 1 amide bonds. The van der Waals surface area contributed by atoms with Crippen LogP contribution < -0.4 is 10.6 Å². The van der Waals surface area contributed by atoms with Gasteiger partial charge in [0.1, 0.15) is 6.10 Å². The fourth-order valence-electron chi connectivity index (χ4n) is 2.78. The van der Waals surface area contributed by atoms with Crippen LogP contribution in [0.15, 0.2) is 24.3 Å². The summed E-state index contributed by atoms with van der Waals surface area (Å²) in [5.41, 5.74) is 8.20. The summed E-state index contributed by atoms with van der Waals surface area (Å²) in [6.45, 7) is 1.29. The second-order valence-electron chi connectivity index (χ2n) is 5.04. The van der Waals surface area contributed by atoms with E-state index in [0.29, 0.717) is 13.2 Å². The van der Waals surface area contributed by atoms with Crippen LogP contribution in [0.5, 0.6) is 0 Å². The van der Waals surface area contributed by atoms with Crippen molar-refractivity contribution >= 4 is 11.6 Å². The van der Waals surface area contributed by atoms with Gasteiger partial charge in [-0.05, 0) is 30.9 Å². The van der Waals surface area contributed by atoms with Crippen LogP contribution in [0.4, 0.5) is 5.69 Å². The van der Waals surface area contributed by atoms with E-state index >= 15 is 0 Å². The molecule has 0 aliphatic carbocycles. The van der Waals surface area contributed by atoms with Crippen molar-refractivity contribution in [2.24, 2.45) is 5.73 Å². The molecule has 0 bridgehead atoms. The molecule has 2 aliphatic heterocycles. The van der Waals surface area contributed by atoms with Crippen LogP contribution in [0.3, 0.4) is 0 Å². The molecule has 96 valence electrons. The predicted molar refractivity (Wildman–Crippen MR) is 69.4 cm³/mol. The Balaban J connectivity index is 1.89. The number of para-hydroxylation sites is 1. The highest BCUT2D eigenvalue weighted by Gasteiger charge is 2.33. The SMILES string of the molecule is NC1Cc2ccccc2N(C(=O)C2CCCO2)C1. The van der Waals surface area contributed by atoms with Gasteiger partial charge in [0.05, 0.1) is 0 Å². The Morgan fingerprint density at radius 2 is 2.22 bits per heavy atom. The zero-order valence-corrected chi connectivity index (χ0v) is 10.3. The summed E-state index contributed by atoms with van der Waals surface area (Å²) in [4.78, 5) is 14.3. The molecule has 4 nitrogen and oxygen atoms in total. The van der Waals surface area contributed by atoms with Gasteiger partial charge in [0.2, 0.25) is 0 Å². The molecule has 2 aliphatic rings. The highest BCUT2D eigenvalue weighted by Crippen LogP contribution is 2.28. The van der Waals surface area contributed by atoms with Gasteiger partial charge in [-0.15, -0.1) is 0 Å². The molecule has 0 radical (unpaired) electrons. The van der Waals surface area contributed by atoms with E-state index in [9.17, 15) is 4.79 Å². The zero-order chi connectivity index (χ0) is 12.5. The second-order valence-corrected chi connectivity index (χ2v) is 5.04. The largest absolute Gasteiger partial charge is 0.368 e. The molecule has 1 fully saturated rings. The number of amides is 1. The number of benzene rings is 1. The first-order valence-electron chi connectivity index (χ1n) is 6.52. The van der Waals surface area contributed by atoms with Crippen molar-refractivity contribution in [3.8, 4) is 0 Å². The molecule has 0 spiro atoms. The smallest absolute Gasteiger partial charge is 0.256 e. The van der Waals surface area contributed by atoms with E-state index in [1.54, 1.807) is 4.90 Å². The lowest BCUT2D eigenvalue weighted by molar-refractivity contribution is -0.127. The summed E-state index contributed by atoms with van der Waals surface area (Å²) in [7, 11) is 0. The molecule has 2 heterocycles. The number of hydrogen-bond acceptors (Lipinski definition) is 3. The van der Waals surface area contributed by atoms with E-state index in [0.717, 1.165) is 30.5 Å². The number of fused-ring (bicyclic) bond motifs is 1. The van der Waals surface area contributed by atoms with Crippen LogP contribution in [0.2, 0.25) is 0 Å². The minimum absolute atomic E-state index is 0.0188. The van der Waals surface area contributed by atoms with Crippen molar-refractivity contribution in [3.63, 3.8) is 0 Å². The van der Waals surface area contributed by atoms with Gasteiger partial charge < -0.3 is 15.4 Å². The molecular formula is C14H18N2O2. The molecule has 3 rings (SSSR count). The lowest BCUT2D eigenvalue weighted by atomic mass is 9.98. The van der Waals surface area contributed by atoms with Gasteiger partial charge in [-0.1, -0.05) is 18.2 Å². The normalized spacial score (nSPS) is 27.1. The first-order chi connectivity index (χ1) is 8.75. The molecule has 0 saturated carbocycles. The Bertz CT molecular complexity index is 455. The van der Waals surface area contributed by atoms with Crippen molar-refractivity contribution in [2.75, 3.05) is 18.1 Å². The Morgan fingerprint density at radius 1 is 1.39 bits per heavy atom. The van der Waals surface area contributed by atoms with Crippen LogP contribution in [-0.4, -0.2) is 31.2 Å². The molecule has 1 aromatic carbocycles. The van der Waals surface area contributed by atoms with Crippen molar-refractivity contribution in [2.45, 2.75) is 31.4 Å². The van der Waals surface area contributed by atoms with Crippen LogP contribution in [-0.2, 0) is 16.0 Å². The Morgan fingerprint density at radius 3 is 3.00 bits per heavy atom. The van der Waals surface area contributed by atoms with Gasteiger partial charge in [0.15, 0.2) is 0 Å². The number of carbonyl (C=O) groups excluding carboxylic acids is 1. The highest BCUT2D eigenvalue weighted by molar-refractivity contribution is 5.97. The summed E-state index contributed by atoms with van der Waals surface area (Å²) in [6.07, 6.45) is 2.36. The van der Waals surface area contributed by atoms with E-state index in [4.69, 9.17) is 10.5 Å². The Labute approximate surface area is 107 Å². The number of rotatable bonds is 1. The average Bonchev–Trinajstić information content (AvgIpc) is 2.90. The van der Waals surface area contributed by atoms with E-state index in [1.807, 2.05) is 24.3 Å². The zero-order valence-electron chi connectivity index (χ0n) is 10.3. The van der Waals surface area contributed by atoms with E-state index in [1.165, 1.54) is 0 Å². The molecular weight excluding hydrogens is 228 g/mol. The van der Waals surface area contributed by atoms with Gasteiger partial charge >= 0.3 is 0 Å². The number of hydrogen-bond donors (Lipinski definition) is 1. The number of nitrogens with zero attached hydrogens (tertiary/aromatic N) is 1. The maximum absolute atomic E-state index is 12.5. The third-order valence-corrected chi connectivity index (χ3v) is 3.65. The van der Waals surface area contributed by atoms with Gasteiger partial charge in [-0.25, -0.2) is 0 Å². The van der Waals surface area contributed by atoms with E-state index < -0.39 is 0 Å². The third-order valence-electron chi connectivity index (χ3n) is 3.65. The first-order valence-corrected chi connectivity index (χ1v) is 6.52. The summed E-state index contributed by atoms with van der Waals surface area (Å²) in [5.74, 6) is 0.0649. The number of nitrogens with two attached hydrogens (primary N) is 1. The van der Waals surface area contributed by atoms with Crippen LogP contribution in [0.25, 0.3) is 0 Å². The number of ether oxygens (including phenoxy) is 1. The second kappa shape index (κ2) is 4.71. The minimum atomic E-state index is -0.275. The lowest BCUT2D eigenvalue weighted by Gasteiger charge is -2.34. The van der Waals surface area contributed by atoms with Crippen molar-refractivity contribution in [3.05, 3.63) is 29.8 Å². The maximum Gasteiger partial charge on any atom is 0.256 e. The molecule has 18 heavy (non-hydrogen) atoms. The third kappa shape index (κ3) is 2.02. The fourth-order valence-corrected chi connectivity index (χ4v) is 2.78. The van der Waals surface area contributed by atoms with Crippen LogP contribution >= 0.6 is 0 Å². The van der Waals surface area contributed by atoms with E-state index in [2.05, 4.69) is 0 Å². The van der Waals surface area contributed by atoms with E-state index in [-0.39, 0.29) is 18.1 Å².